The van der Waals surface area contributed by atoms with Crippen LogP contribution >= 0.6 is 0 Å². The van der Waals surface area contributed by atoms with Gasteiger partial charge in [0.2, 0.25) is 11.8 Å². The monoisotopic (exact) mass is 1100 g/mol. The third-order valence-electron chi connectivity index (χ3n) is 12.3. The molecule has 2 unspecified atom stereocenters. The molecule has 412 valence electrons. The second kappa shape index (κ2) is 25.3. The number of aliphatic carboxylic acids is 2. The molecule has 2 atom stereocenters. The SMILES string of the molecule is CN1C(C(=O)Nc2ccccn2)=C(O)c2ccccc2S1(=O)=O.Cc1ccc(-c2nc3ccc(C)cn3c2CC(=O)N(C)C)cc1.Cc1ccc(-c2nc3ccc(C)cn3c2CC(=O)N(C)C)cc1.O=C(O)C(O)C(O)C(=O)O. The minimum absolute atomic E-state index is 0.0469. The topological polar surface area (TPSA) is 290 Å². The average molecular weight is 1100 g/mol. The van der Waals surface area contributed by atoms with Crippen molar-refractivity contribution in [2.24, 2.45) is 0 Å². The highest BCUT2D eigenvalue weighted by Gasteiger charge is 2.38. The summed E-state index contributed by atoms with van der Waals surface area (Å²) in [6.07, 6.45) is 1.70. The zero-order valence-corrected chi connectivity index (χ0v) is 45.7. The van der Waals surface area contributed by atoms with Crippen molar-refractivity contribution in [3.63, 3.8) is 0 Å². The Balaban J connectivity index is 0.000000176. The number of aliphatic hydroxyl groups excluding tert-OH is 3. The molecule has 1 aliphatic heterocycles. The van der Waals surface area contributed by atoms with Gasteiger partial charge in [0.15, 0.2) is 23.7 Å². The molecule has 8 aromatic rings. The van der Waals surface area contributed by atoms with E-state index in [4.69, 9.17) is 30.4 Å². The van der Waals surface area contributed by atoms with Crippen LogP contribution in [0.25, 0.3) is 39.6 Å². The zero-order valence-electron chi connectivity index (χ0n) is 44.9. The Labute approximate surface area is 456 Å². The van der Waals surface area contributed by atoms with E-state index in [9.17, 15) is 37.5 Å². The lowest BCUT2D eigenvalue weighted by atomic mass is 10.1. The number of aromatic nitrogens is 5. The van der Waals surface area contributed by atoms with Crippen molar-refractivity contribution in [3.8, 4) is 22.5 Å². The molecule has 0 saturated heterocycles. The Morgan fingerprint density at radius 3 is 1.42 bits per heavy atom. The molecule has 0 spiro atoms. The Morgan fingerprint density at radius 2 is 1.01 bits per heavy atom. The van der Waals surface area contributed by atoms with Crippen LogP contribution in [0.3, 0.4) is 0 Å². The summed E-state index contributed by atoms with van der Waals surface area (Å²) in [4.78, 5) is 73.1. The number of likely N-dealkylation sites (N-methyl/N-ethyl adjacent to an activating group) is 3. The number of benzene rings is 3. The molecule has 5 aromatic heterocycles. The summed E-state index contributed by atoms with van der Waals surface area (Å²) in [5.74, 6) is -4.30. The highest BCUT2D eigenvalue weighted by molar-refractivity contribution is 7.89. The number of aliphatic hydroxyl groups is 3. The molecule has 6 heterocycles. The van der Waals surface area contributed by atoms with E-state index in [1.165, 1.54) is 36.5 Å². The van der Waals surface area contributed by atoms with Crippen LogP contribution in [0, 0.1) is 27.7 Å². The lowest BCUT2D eigenvalue weighted by molar-refractivity contribution is -0.165. The number of nitrogens with one attached hydrogen (secondary N) is 1. The summed E-state index contributed by atoms with van der Waals surface area (Å²) in [7, 11) is 4.43. The number of amides is 3. The molecule has 0 radical (unpaired) electrons. The third-order valence-corrected chi connectivity index (χ3v) is 14.1. The van der Waals surface area contributed by atoms with E-state index in [1.54, 1.807) is 68.3 Å². The summed E-state index contributed by atoms with van der Waals surface area (Å²) in [5.41, 5.74) is 11.9. The molecule has 0 bridgehead atoms. The van der Waals surface area contributed by atoms with Crippen LogP contribution in [0.15, 0.2) is 144 Å². The van der Waals surface area contributed by atoms with Gasteiger partial charge in [-0.15, -0.1) is 0 Å². The van der Waals surface area contributed by atoms with Crippen LogP contribution < -0.4 is 5.32 Å². The van der Waals surface area contributed by atoms with Gasteiger partial charge in [-0.25, -0.2) is 33.0 Å². The fourth-order valence-electron chi connectivity index (χ4n) is 7.79. The van der Waals surface area contributed by atoms with Gasteiger partial charge in [0.05, 0.1) is 40.5 Å². The number of carboxylic acids is 2. The van der Waals surface area contributed by atoms with Gasteiger partial charge in [0.25, 0.3) is 15.9 Å². The van der Waals surface area contributed by atoms with Crippen LogP contribution in [0.1, 0.15) is 39.2 Å². The number of imidazole rings is 2. The molecule has 3 aromatic carbocycles. The number of aryl methyl sites for hydroxylation is 4. The van der Waals surface area contributed by atoms with Gasteiger partial charge in [0.1, 0.15) is 17.1 Å². The number of carbonyl (C=O) groups is 5. The van der Waals surface area contributed by atoms with E-state index < -0.39 is 45.8 Å². The maximum Gasteiger partial charge on any atom is 0.335 e. The Morgan fingerprint density at radius 1 is 0.595 bits per heavy atom. The highest BCUT2D eigenvalue weighted by Crippen LogP contribution is 2.35. The van der Waals surface area contributed by atoms with Crippen LogP contribution in [0.4, 0.5) is 5.82 Å². The second-order valence-electron chi connectivity index (χ2n) is 18.7. The fourth-order valence-corrected chi connectivity index (χ4v) is 9.19. The minimum atomic E-state index is -3.91. The standard InChI is InChI=1S/2C19H21N3O.C15H13N3O4S.C4H6O6/c2*1-13-5-8-15(9-6-13)19-16(11-18(23)21(3)4)22-12-14(2)7-10-17(22)20-19;1-18-13(15(20)17-12-8-4-5-9-16-12)14(19)10-6-2-3-7-11(10)23(18,21)22;5-1(3(7)8)2(6)4(9)10/h2*5-10,12H,11H2,1-4H3;2-9,19H,1H3,(H,16,17,20);1-2,5-6H,(H,7,8)(H,9,10). The number of anilines is 1. The summed E-state index contributed by atoms with van der Waals surface area (Å²) in [6.45, 7) is 8.21. The number of rotatable bonds is 11. The van der Waals surface area contributed by atoms with Gasteiger partial charge in [-0.05, 0) is 75.2 Å². The highest BCUT2D eigenvalue weighted by atomic mass is 32.2. The van der Waals surface area contributed by atoms with Crippen LogP contribution in [-0.2, 0) is 46.8 Å². The minimum Gasteiger partial charge on any atom is -0.505 e. The molecule has 0 saturated carbocycles. The normalized spacial score (nSPS) is 13.0. The maximum absolute atomic E-state index is 12.5. The smallest absolute Gasteiger partial charge is 0.335 e. The first-order valence-electron chi connectivity index (χ1n) is 24.4. The van der Waals surface area contributed by atoms with Crippen molar-refractivity contribution < 1.29 is 57.9 Å². The van der Waals surface area contributed by atoms with Crippen molar-refractivity contribution in [1.82, 2.24) is 37.9 Å². The van der Waals surface area contributed by atoms with E-state index in [-0.39, 0.29) is 33.8 Å². The van der Waals surface area contributed by atoms with Gasteiger partial charge in [-0.1, -0.05) is 90.0 Å². The second-order valence-corrected chi connectivity index (χ2v) is 20.7. The van der Waals surface area contributed by atoms with Crippen LogP contribution in [-0.4, -0.2) is 149 Å². The molecule has 0 aliphatic carbocycles. The number of sulfonamides is 1. The Kier molecular flexibility index (Phi) is 18.9. The number of hydrogen-bond acceptors (Lipinski definition) is 13. The molecule has 0 fully saturated rings. The van der Waals surface area contributed by atoms with E-state index in [0.29, 0.717) is 12.8 Å². The molecule has 79 heavy (non-hydrogen) atoms. The summed E-state index contributed by atoms with van der Waals surface area (Å²) < 4.78 is 29.8. The van der Waals surface area contributed by atoms with E-state index in [0.717, 1.165) is 60.6 Å². The number of fused-ring (bicyclic) bond motifs is 3. The van der Waals surface area contributed by atoms with Crippen molar-refractivity contribution in [3.05, 3.63) is 179 Å². The third kappa shape index (κ3) is 14.0. The number of pyridine rings is 3. The van der Waals surface area contributed by atoms with Crippen molar-refractivity contribution in [1.29, 1.82) is 0 Å². The summed E-state index contributed by atoms with van der Waals surface area (Å²) in [6, 6.07) is 35.5. The van der Waals surface area contributed by atoms with Gasteiger partial charge in [0, 0.05) is 70.5 Å². The molecule has 3 amide bonds. The first-order chi connectivity index (χ1) is 37.3. The van der Waals surface area contributed by atoms with Crippen LogP contribution in [0.2, 0.25) is 0 Å². The lowest BCUT2D eigenvalue weighted by Crippen LogP contribution is -2.39. The average Bonchev–Trinajstić information content (AvgIpc) is 4.06. The van der Waals surface area contributed by atoms with Crippen molar-refractivity contribution >= 4 is 62.6 Å². The molecule has 21 nitrogen and oxygen atoms in total. The largest absolute Gasteiger partial charge is 0.505 e. The van der Waals surface area contributed by atoms with E-state index in [1.807, 2.05) is 59.3 Å². The fraction of sp³-hybridized carbons (Fsp3) is 0.228. The maximum atomic E-state index is 12.5. The molecular weight excluding hydrogens is 1030 g/mol. The van der Waals surface area contributed by atoms with Gasteiger partial charge in [-0.2, -0.15) is 0 Å². The molecule has 22 heteroatoms. The quantitative estimate of drug-likeness (QED) is 0.0872. The van der Waals surface area contributed by atoms with Gasteiger partial charge < -0.3 is 49.5 Å². The number of nitrogens with zero attached hydrogens (tertiary/aromatic N) is 8. The molecule has 6 N–H and O–H groups in total. The van der Waals surface area contributed by atoms with Crippen LogP contribution in [0.5, 0.6) is 0 Å². The van der Waals surface area contributed by atoms with E-state index in [2.05, 4.69) is 72.7 Å². The number of hydrogen-bond donors (Lipinski definition) is 6. The first-order valence-corrected chi connectivity index (χ1v) is 25.8. The van der Waals surface area contributed by atoms with E-state index >= 15 is 0 Å². The molecule has 9 rings (SSSR count). The molecule has 1 aliphatic rings. The van der Waals surface area contributed by atoms with Gasteiger partial charge >= 0.3 is 11.9 Å². The zero-order chi connectivity index (χ0) is 58.0. The predicted octanol–water partition coefficient (Wildman–Crippen LogP) is 5.96. The summed E-state index contributed by atoms with van der Waals surface area (Å²) >= 11 is 0. The predicted molar refractivity (Wildman–Crippen MR) is 296 cm³/mol. The Bertz CT molecular complexity index is 3520. The lowest BCUT2D eigenvalue weighted by Gasteiger charge is -2.28. The summed E-state index contributed by atoms with van der Waals surface area (Å²) in [5, 5.41) is 45.4. The molecular formula is C57H61N9O12S. The number of carbonyl (C=O) groups excluding carboxylic acids is 3. The van der Waals surface area contributed by atoms with Crippen molar-refractivity contribution in [2.75, 3.05) is 40.6 Å². The van der Waals surface area contributed by atoms with Crippen molar-refractivity contribution in [2.45, 2.75) is 57.6 Å². The van der Waals surface area contributed by atoms with Gasteiger partial charge in [-0.3, -0.25) is 18.7 Å². The first kappa shape index (κ1) is 59.0. The Hall–Kier alpha value is -9.25. The number of carboxylic acid groups (broad SMARTS) is 2.